The molecule has 5 nitrogen and oxygen atoms in total. The standard InChI is InChI=1S/C19H21BrN2O3S/c1-14-7-8-18(17(20)11-14)21-12-19(23)22(15-5-3-2-4-6-15)16-9-10-26(24,25)13-16/h2-8,11,16,21H,9-10,12-13H2,1H3/t16-/m1/s1. The summed E-state index contributed by atoms with van der Waals surface area (Å²) in [4.78, 5) is 14.6. The predicted octanol–water partition coefficient (Wildman–Crippen LogP) is 3.39. The minimum Gasteiger partial charge on any atom is -0.375 e. The zero-order valence-corrected chi connectivity index (χ0v) is 16.9. The first-order valence-corrected chi connectivity index (χ1v) is 11.0. The summed E-state index contributed by atoms with van der Waals surface area (Å²) in [5.41, 5.74) is 2.68. The molecule has 0 aliphatic carbocycles. The molecule has 2 aromatic rings. The first-order valence-electron chi connectivity index (χ1n) is 8.43. The molecule has 0 saturated carbocycles. The highest BCUT2D eigenvalue weighted by molar-refractivity contribution is 9.10. The Labute approximate surface area is 162 Å². The second-order valence-corrected chi connectivity index (χ2v) is 9.58. The number of nitrogens with zero attached hydrogens (tertiary/aromatic N) is 1. The van der Waals surface area contributed by atoms with Gasteiger partial charge in [-0.05, 0) is 59.1 Å². The molecule has 26 heavy (non-hydrogen) atoms. The lowest BCUT2D eigenvalue weighted by molar-refractivity contribution is -0.117. The number of hydrogen-bond donors (Lipinski definition) is 1. The summed E-state index contributed by atoms with van der Waals surface area (Å²) in [6, 6.07) is 14.8. The normalized spacial score (nSPS) is 18.5. The lowest BCUT2D eigenvalue weighted by Crippen LogP contribution is -2.44. The molecule has 1 N–H and O–H groups in total. The van der Waals surface area contributed by atoms with Crippen LogP contribution in [0.4, 0.5) is 11.4 Å². The third kappa shape index (κ3) is 4.45. The van der Waals surface area contributed by atoms with E-state index in [-0.39, 0.29) is 30.0 Å². The third-order valence-electron chi connectivity index (χ3n) is 4.43. The Balaban J connectivity index is 1.79. The van der Waals surface area contributed by atoms with Crippen LogP contribution in [0.25, 0.3) is 0 Å². The van der Waals surface area contributed by atoms with E-state index in [4.69, 9.17) is 0 Å². The fourth-order valence-corrected chi connectivity index (χ4v) is 5.48. The van der Waals surface area contributed by atoms with Gasteiger partial charge in [0.15, 0.2) is 9.84 Å². The van der Waals surface area contributed by atoms with Crippen LogP contribution in [0.2, 0.25) is 0 Å². The summed E-state index contributed by atoms with van der Waals surface area (Å²) in [6.07, 6.45) is 0.469. The average Bonchev–Trinajstić information content (AvgIpc) is 2.95. The molecule has 7 heteroatoms. The van der Waals surface area contributed by atoms with Crippen molar-refractivity contribution >= 4 is 43.0 Å². The quantitative estimate of drug-likeness (QED) is 0.779. The van der Waals surface area contributed by atoms with Gasteiger partial charge in [0.1, 0.15) is 0 Å². The highest BCUT2D eigenvalue weighted by atomic mass is 79.9. The average molecular weight is 437 g/mol. The van der Waals surface area contributed by atoms with E-state index in [1.807, 2.05) is 55.5 Å². The maximum Gasteiger partial charge on any atom is 0.246 e. The van der Waals surface area contributed by atoms with Crippen molar-refractivity contribution in [3.05, 3.63) is 58.6 Å². The molecule has 0 spiro atoms. The van der Waals surface area contributed by atoms with Gasteiger partial charge in [0, 0.05) is 15.8 Å². The summed E-state index contributed by atoms with van der Waals surface area (Å²) in [7, 11) is -3.08. The Morgan fingerprint density at radius 1 is 1.23 bits per heavy atom. The molecule has 3 rings (SSSR count). The van der Waals surface area contributed by atoms with Gasteiger partial charge < -0.3 is 10.2 Å². The summed E-state index contributed by atoms with van der Waals surface area (Å²) in [6.45, 7) is 2.09. The van der Waals surface area contributed by atoms with Crippen LogP contribution in [0.15, 0.2) is 53.0 Å². The molecule has 2 aromatic carbocycles. The van der Waals surface area contributed by atoms with Crippen molar-refractivity contribution in [2.45, 2.75) is 19.4 Å². The van der Waals surface area contributed by atoms with Gasteiger partial charge in [-0.3, -0.25) is 4.79 Å². The molecule has 138 valence electrons. The molecular formula is C19H21BrN2O3S. The molecule has 1 saturated heterocycles. The van der Waals surface area contributed by atoms with Gasteiger partial charge in [0.2, 0.25) is 5.91 Å². The SMILES string of the molecule is Cc1ccc(NCC(=O)N(c2ccccc2)[C@@H]2CCS(=O)(=O)C2)c(Br)c1. The first kappa shape index (κ1) is 18.9. The van der Waals surface area contributed by atoms with Gasteiger partial charge in [-0.2, -0.15) is 0 Å². The second-order valence-electron chi connectivity index (χ2n) is 6.49. The molecule has 0 bridgehead atoms. The van der Waals surface area contributed by atoms with E-state index in [9.17, 15) is 13.2 Å². The van der Waals surface area contributed by atoms with Gasteiger partial charge in [-0.1, -0.05) is 24.3 Å². The fraction of sp³-hybridized carbons (Fsp3) is 0.316. The smallest absolute Gasteiger partial charge is 0.246 e. The maximum atomic E-state index is 12.9. The van der Waals surface area contributed by atoms with E-state index in [2.05, 4.69) is 21.2 Å². The van der Waals surface area contributed by atoms with Crippen LogP contribution in [0.3, 0.4) is 0 Å². The van der Waals surface area contributed by atoms with Crippen LogP contribution in [0.5, 0.6) is 0 Å². The number of rotatable bonds is 5. The molecule has 1 aliphatic heterocycles. The van der Waals surface area contributed by atoms with Gasteiger partial charge in [0.25, 0.3) is 0 Å². The molecule has 0 aromatic heterocycles. The Bertz CT molecular complexity index is 900. The first-order chi connectivity index (χ1) is 12.4. The Hall–Kier alpha value is -1.86. The van der Waals surface area contributed by atoms with Gasteiger partial charge in [-0.25, -0.2) is 8.42 Å². The molecule has 0 unspecified atom stereocenters. The zero-order valence-electron chi connectivity index (χ0n) is 14.5. The summed E-state index contributed by atoms with van der Waals surface area (Å²) >= 11 is 3.49. The summed E-state index contributed by atoms with van der Waals surface area (Å²) in [5.74, 6) is -0.00152. The zero-order chi connectivity index (χ0) is 18.7. The van der Waals surface area contributed by atoms with Crippen LogP contribution in [-0.4, -0.2) is 38.4 Å². The molecule has 1 atom stereocenters. The van der Waals surface area contributed by atoms with E-state index < -0.39 is 9.84 Å². The van der Waals surface area contributed by atoms with Crippen LogP contribution in [-0.2, 0) is 14.6 Å². The lowest BCUT2D eigenvalue weighted by atomic mass is 10.1. The Morgan fingerprint density at radius 2 is 1.96 bits per heavy atom. The fourth-order valence-electron chi connectivity index (χ4n) is 3.15. The van der Waals surface area contributed by atoms with Crippen LogP contribution in [0, 0.1) is 6.92 Å². The van der Waals surface area contributed by atoms with Crippen molar-refractivity contribution < 1.29 is 13.2 Å². The van der Waals surface area contributed by atoms with Crippen molar-refractivity contribution in [3.63, 3.8) is 0 Å². The molecular weight excluding hydrogens is 416 g/mol. The molecule has 0 radical (unpaired) electrons. The van der Waals surface area contributed by atoms with Crippen molar-refractivity contribution in [1.82, 2.24) is 0 Å². The number of aryl methyl sites for hydroxylation is 1. The number of carbonyl (C=O) groups excluding carboxylic acids is 1. The maximum absolute atomic E-state index is 12.9. The van der Waals surface area contributed by atoms with E-state index in [1.54, 1.807) is 4.90 Å². The van der Waals surface area contributed by atoms with Crippen molar-refractivity contribution in [2.75, 3.05) is 28.3 Å². The number of halogens is 1. The highest BCUT2D eigenvalue weighted by Gasteiger charge is 2.35. The van der Waals surface area contributed by atoms with E-state index in [0.717, 1.165) is 21.4 Å². The minimum atomic E-state index is -3.08. The van der Waals surface area contributed by atoms with Crippen LogP contribution >= 0.6 is 15.9 Å². The minimum absolute atomic E-state index is 0.0157. The number of nitrogens with one attached hydrogen (secondary N) is 1. The summed E-state index contributed by atoms with van der Waals surface area (Å²) < 4.78 is 24.7. The Kier molecular flexibility index (Phi) is 5.67. The topological polar surface area (TPSA) is 66.5 Å². The molecule has 1 fully saturated rings. The summed E-state index contributed by atoms with van der Waals surface area (Å²) in [5, 5.41) is 3.15. The molecule has 1 aliphatic rings. The number of para-hydroxylation sites is 1. The number of hydrogen-bond acceptors (Lipinski definition) is 4. The number of amides is 1. The number of carbonyl (C=O) groups is 1. The largest absolute Gasteiger partial charge is 0.375 e. The van der Waals surface area contributed by atoms with Crippen LogP contribution < -0.4 is 10.2 Å². The van der Waals surface area contributed by atoms with Crippen LogP contribution in [0.1, 0.15) is 12.0 Å². The van der Waals surface area contributed by atoms with Crippen molar-refractivity contribution in [3.8, 4) is 0 Å². The lowest BCUT2D eigenvalue weighted by Gasteiger charge is -2.28. The molecule has 1 amide bonds. The van der Waals surface area contributed by atoms with Crippen molar-refractivity contribution in [1.29, 1.82) is 0 Å². The monoisotopic (exact) mass is 436 g/mol. The van der Waals surface area contributed by atoms with E-state index >= 15 is 0 Å². The number of anilines is 2. The van der Waals surface area contributed by atoms with E-state index in [0.29, 0.717) is 6.42 Å². The predicted molar refractivity (Wildman–Crippen MR) is 108 cm³/mol. The number of benzene rings is 2. The third-order valence-corrected chi connectivity index (χ3v) is 6.84. The highest BCUT2D eigenvalue weighted by Crippen LogP contribution is 2.26. The van der Waals surface area contributed by atoms with Gasteiger partial charge >= 0.3 is 0 Å². The van der Waals surface area contributed by atoms with Crippen molar-refractivity contribution in [2.24, 2.45) is 0 Å². The van der Waals surface area contributed by atoms with E-state index in [1.165, 1.54) is 0 Å². The second kappa shape index (κ2) is 7.80. The van der Waals surface area contributed by atoms with Gasteiger partial charge in [-0.15, -0.1) is 0 Å². The Morgan fingerprint density at radius 3 is 2.58 bits per heavy atom. The number of sulfone groups is 1. The molecule has 1 heterocycles. The van der Waals surface area contributed by atoms with Gasteiger partial charge in [0.05, 0.1) is 24.1 Å².